The Balaban J connectivity index is 1.15. The van der Waals surface area contributed by atoms with Gasteiger partial charge in [0.1, 0.15) is 13.2 Å². The lowest BCUT2D eigenvalue weighted by molar-refractivity contribution is -0.0129. The van der Waals surface area contributed by atoms with Crippen molar-refractivity contribution in [1.29, 1.82) is 0 Å². The maximum Gasteiger partial charge on any atom is 0.411 e. The molecular formula is C27H37N5O5. The molecule has 0 aromatic heterocycles. The van der Waals surface area contributed by atoms with E-state index in [-0.39, 0.29) is 12.6 Å². The SMILES string of the molecule is CN(C)COCCOC(=O)Nc1ccc(Cc2ccc(NC(=O)OCC3CN4CCN3CC4)cc2)cc1. The average Bonchev–Trinajstić information content (AvgIpc) is 2.90. The molecule has 0 aliphatic carbocycles. The van der Waals surface area contributed by atoms with E-state index in [1.54, 1.807) is 0 Å². The summed E-state index contributed by atoms with van der Waals surface area (Å²) < 4.78 is 15.9. The zero-order valence-electron chi connectivity index (χ0n) is 21.7. The van der Waals surface area contributed by atoms with Crippen LogP contribution in [-0.4, -0.2) is 106 Å². The van der Waals surface area contributed by atoms with Crippen LogP contribution in [0.15, 0.2) is 48.5 Å². The first-order chi connectivity index (χ1) is 17.9. The number of amides is 2. The quantitative estimate of drug-likeness (QED) is 0.351. The molecule has 2 N–H and O–H groups in total. The molecule has 1 atom stereocenters. The van der Waals surface area contributed by atoms with E-state index in [4.69, 9.17) is 14.2 Å². The van der Waals surface area contributed by atoms with E-state index in [2.05, 4.69) is 20.4 Å². The number of piperazine rings is 3. The van der Waals surface area contributed by atoms with Crippen molar-refractivity contribution in [2.45, 2.75) is 12.5 Å². The highest BCUT2D eigenvalue weighted by Crippen LogP contribution is 2.18. The maximum absolute atomic E-state index is 12.2. The van der Waals surface area contributed by atoms with Gasteiger partial charge in [-0.05, 0) is 55.9 Å². The van der Waals surface area contributed by atoms with Gasteiger partial charge < -0.3 is 14.2 Å². The average molecular weight is 512 g/mol. The number of rotatable bonds is 11. The predicted molar refractivity (Wildman–Crippen MR) is 142 cm³/mol. The van der Waals surface area contributed by atoms with Crippen LogP contribution in [-0.2, 0) is 20.6 Å². The van der Waals surface area contributed by atoms with Crippen molar-refractivity contribution in [3.05, 3.63) is 59.7 Å². The van der Waals surface area contributed by atoms with Gasteiger partial charge >= 0.3 is 12.2 Å². The molecule has 3 fully saturated rings. The second-order valence-electron chi connectivity index (χ2n) is 9.66. The van der Waals surface area contributed by atoms with Crippen molar-refractivity contribution in [1.82, 2.24) is 14.7 Å². The lowest BCUT2D eigenvalue weighted by Gasteiger charge is -2.47. The Morgan fingerprint density at radius 1 is 0.838 bits per heavy atom. The number of fused-ring (bicyclic) bond motifs is 3. The third-order valence-corrected chi connectivity index (χ3v) is 6.42. The summed E-state index contributed by atoms with van der Waals surface area (Å²) in [7, 11) is 3.81. The van der Waals surface area contributed by atoms with Gasteiger partial charge in [-0.1, -0.05) is 24.3 Å². The molecule has 200 valence electrons. The minimum Gasteiger partial charge on any atom is -0.448 e. The van der Waals surface area contributed by atoms with Crippen LogP contribution in [0.5, 0.6) is 0 Å². The lowest BCUT2D eigenvalue weighted by Crippen LogP contribution is -2.62. The summed E-state index contributed by atoms with van der Waals surface area (Å²) in [5.41, 5.74) is 3.57. The summed E-state index contributed by atoms with van der Waals surface area (Å²) in [6.45, 7) is 6.72. The zero-order chi connectivity index (χ0) is 26.0. The lowest BCUT2D eigenvalue weighted by atomic mass is 10.0. The van der Waals surface area contributed by atoms with Gasteiger partial charge in [-0.25, -0.2) is 9.59 Å². The zero-order valence-corrected chi connectivity index (χ0v) is 21.7. The van der Waals surface area contributed by atoms with Crippen molar-refractivity contribution in [2.24, 2.45) is 0 Å². The molecule has 5 rings (SSSR count). The highest BCUT2D eigenvalue weighted by Gasteiger charge is 2.32. The smallest absolute Gasteiger partial charge is 0.411 e. The molecule has 3 saturated heterocycles. The number of ether oxygens (including phenoxy) is 3. The molecule has 10 heteroatoms. The van der Waals surface area contributed by atoms with E-state index in [9.17, 15) is 9.59 Å². The normalized spacial score (nSPS) is 20.5. The number of carbonyl (C=O) groups is 2. The molecule has 0 spiro atoms. The topological polar surface area (TPSA) is 95.6 Å². The molecule has 3 heterocycles. The van der Waals surface area contributed by atoms with E-state index in [0.717, 1.165) is 50.3 Å². The Morgan fingerprint density at radius 2 is 1.41 bits per heavy atom. The third-order valence-electron chi connectivity index (χ3n) is 6.42. The van der Waals surface area contributed by atoms with Crippen molar-refractivity contribution in [2.75, 3.05) is 84.0 Å². The molecule has 3 aliphatic rings. The largest absolute Gasteiger partial charge is 0.448 e. The first-order valence-corrected chi connectivity index (χ1v) is 12.7. The molecule has 10 nitrogen and oxygen atoms in total. The van der Waals surface area contributed by atoms with Crippen LogP contribution in [0.1, 0.15) is 11.1 Å². The van der Waals surface area contributed by atoms with Crippen LogP contribution in [0.2, 0.25) is 0 Å². The summed E-state index contributed by atoms with van der Waals surface area (Å²) in [4.78, 5) is 30.9. The number of nitrogens with zero attached hydrogens (tertiary/aromatic N) is 3. The fraction of sp³-hybridized carbons (Fsp3) is 0.481. The minimum atomic E-state index is -0.510. The molecular weight excluding hydrogens is 474 g/mol. The summed E-state index contributed by atoms with van der Waals surface area (Å²) in [6.07, 6.45) is -0.204. The van der Waals surface area contributed by atoms with E-state index in [0.29, 0.717) is 31.3 Å². The highest BCUT2D eigenvalue weighted by atomic mass is 16.6. The summed E-state index contributed by atoms with van der Waals surface area (Å²) in [5.74, 6) is 0. The number of carbonyl (C=O) groups excluding carboxylic acids is 2. The molecule has 3 aliphatic heterocycles. The standard InChI is InChI=1S/C27H37N5O5/c1-30(2)20-35-15-16-36-26(33)28-23-7-3-21(4-8-23)17-22-5-9-24(10-6-22)29-27(34)37-19-25-18-31-11-13-32(25)14-12-31/h3-10,25H,11-20H2,1-2H3,(H,28,33)(H,29,34). The maximum atomic E-state index is 12.2. The molecule has 2 bridgehead atoms. The first kappa shape index (κ1) is 26.9. The van der Waals surface area contributed by atoms with Gasteiger partial charge in [0.2, 0.25) is 0 Å². The van der Waals surface area contributed by atoms with E-state index < -0.39 is 12.2 Å². The molecule has 37 heavy (non-hydrogen) atoms. The van der Waals surface area contributed by atoms with Gasteiger partial charge in [-0.3, -0.25) is 25.3 Å². The minimum absolute atomic E-state index is 0.193. The fourth-order valence-corrected chi connectivity index (χ4v) is 4.45. The van der Waals surface area contributed by atoms with E-state index in [1.807, 2.05) is 67.5 Å². The molecule has 2 aromatic carbocycles. The van der Waals surface area contributed by atoms with Gasteiger partial charge in [0, 0.05) is 44.1 Å². The Labute approximate surface area is 218 Å². The number of benzene rings is 2. The van der Waals surface area contributed by atoms with Crippen LogP contribution < -0.4 is 10.6 Å². The predicted octanol–water partition coefficient (Wildman–Crippen LogP) is 2.91. The molecule has 2 aromatic rings. The number of hydrogen-bond acceptors (Lipinski definition) is 8. The van der Waals surface area contributed by atoms with Crippen LogP contribution in [0.3, 0.4) is 0 Å². The van der Waals surface area contributed by atoms with Crippen LogP contribution in [0.25, 0.3) is 0 Å². The Hall–Kier alpha value is -3.18. The second kappa shape index (κ2) is 13.4. The molecule has 0 saturated carbocycles. The van der Waals surface area contributed by atoms with Crippen LogP contribution in [0, 0.1) is 0 Å². The van der Waals surface area contributed by atoms with Gasteiger partial charge in [-0.2, -0.15) is 0 Å². The Bertz CT molecular complexity index is 1010. The van der Waals surface area contributed by atoms with Gasteiger partial charge in [0.05, 0.1) is 19.4 Å². The number of hydrogen-bond donors (Lipinski definition) is 2. The number of anilines is 2. The second-order valence-corrected chi connectivity index (χ2v) is 9.66. The Morgan fingerprint density at radius 3 is 1.92 bits per heavy atom. The summed E-state index contributed by atoms with van der Waals surface area (Å²) >= 11 is 0. The molecule has 0 radical (unpaired) electrons. The number of nitrogens with one attached hydrogen (secondary N) is 2. The third kappa shape index (κ3) is 8.71. The highest BCUT2D eigenvalue weighted by molar-refractivity contribution is 5.85. The molecule has 1 unspecified atom stereocenters. The Kier molecular flexibility index (Phi) is 9.72. The monoisotopic (exact) mass is 511 g/mol. The summed E-state index contributed by atoms with van der Waals surface area (Å²) in [6, 6.07) is 15.6. The van der Waals surface area contributed by atoms with E-state index in [1.165, 1.54) is 0 Å². The van der Waals surface area contributed by atoms with Crippen LogP contribution in [0.4, 0.5) is 21.0 Å². The fourth-order valence-electron chi connectivity index (χ4n) is 4.45. The van der Waals surface area contributed by atoms with Crippen molar-refractivity contribution >= 4 is 23.6 Å². The van der Waals surface area contributed by atoms with Gasteiger partial charge in [-0.15, -0.1) is 0 Å². The summed E-state index contributed by atoms with van der Waals surface area (Å²) in [5, 5.41) is 5.53. The first-order valence-electron chi connectivity index (χ1n) is 12.7. The van der Waals surface area contributed by atoms with Crippen LogP contribution >= 0.6 is 0 Å². The molecule has 2 amide bonds. The van der Waals surface area contributed by atoms with Crippen molar-refractivity contribution < 1.29 is 23.8 Å². The van der Waals surface area contributed by atoms with Gasteiger partial charge in [0.25, 0.3) is 0 Å². The van der Waals surface area contributed by atoms with Crippen molar-refractivity contribution in [3.63, 3.8) is 0 Å². The van der Waals surface area contributed by atoms with E-state index >= 15 is 0 Å². The van der Waals surface area contributed by atoms with Crippen molar-refractivity contribution in [3.8, 4) is 0 Å². The van der Waals surface area contributed by atoms with Gasteiger partial charge in [0.15, 0.2) is 0 Å².